The second kappa shape index (κ2) is 6.87. The molecule has 22 heavy (non-hydrogen) atoms. The maximum Gasteiger partial charge on any atom is 0.433 e. The van der Waals surface area contributed by atoms with E-state index in [1.54, 1.807) is 18.2 Å². The van der Waals surface area contributed by atoms with Crippen LogP contribution in [-0.2, 0) is 11.9 Å². The summed E-state index contributed by atoms with van der Waals surface area (Å²) >= 11 is 1.09. The zero-order valence-corrected chi connectivity index (χ0v) is 12.7. The number of ether oxygens (including phenoxy) is 2. The molecule has 0 atom stereocenters. The predicted octanol–water partition coefficient (Wildman–Crippen LogP) is 3.80. The first-order valence-electron chi connectivity index (χ1n) is 6.18. The minimum Gasteiger partial charge on any atom is -0.497 e. The van der Waals surface area contributed by atoms with Crippen molar-refractivity contribution >= 4 is 11.8 Å². The van der Waals surface area contributed by atoms with E-state index in [0.29, 0.717) is 17.3 Å². The molecule has 8 heteroatoms. The quantitative estimate of drug-likeness (QED) is 0.616. The number of thioether (sulfide) groups is 1. The average Bonchev–Trinajstić information content (AvgIpc) is 2.52. The lowest BCUT2D eigenvalue weighted by Crippen LogP contribution is -2.08. The van der Waals surface area contributed by atoms with Crippen LogP contribution >= 0.6 is 11.8 Å². The van der Waals surface area contributed by atoms with Crippen LogP contribution in [0.2, 0.25) is 0 Å². The Morgan fingerprint density at radius 3 is 2.55 bits per heavy atom. The predicted molar refractivity (Wildman–Crippen MR) is 76.1 cm³/mol. The van der Waals surface area contributed by atoms with Crippen molar-refractivity contribution in [2.75, 3.05) is 14.2 Å². The molecule has 2 aromatic rings. The van der Waals surface area contributed by atoms with Crippen LogP contribution in [0.1, 0.15) is 11.3 Å². The van der Waals surface area contributed by atoms with Crippen LogP contribution in [0.15, 0.2) is 35.6 Å². The summed E-state index contributed by atoms with van der Waals surface area (Å²) in [6.07, 6.45) is -3.38. The van der Waals surface area contributed by atoms with E-state index in [4.69, 9.17) is 9.47 Å². The molecule has 0 saturated carbocycles. The zero-order chi connectivity index (χ0) is 16.2. The summed E-state index contributed by atoms with van der Waals surface area (Å²) in [6, 6.07) is 6.09. The van der Waals surface area contributed by atoms with Gasteiger partial charge < -0.3 is 9.47 Å². The standard InChI is InChI=1S/C14H13F3N2O2S/c1-20-10-3-4-11(21-2)9(7-10)8-22-13-18-6-5-12(19-13)14(15,16)17/h3-7H,8H2,1-2H3. The average molecular weight is 330 g/mol. The molecule has 4 nitrogen and oxygen atoms in total. The third-order valence-electron chi connectivity index (χ3n) is 2.77. The molecule has 0 saturated heterocycles. The summed E-state index contributed by atoms with van der Waals surface area (Å²) in [5, 5.41) is 0.0553. The zero-order valence-electron chi connectivity index (χ0n) is 11.8. The summed E-state index contributed by atoms with van der Waals surface area (Å²) in [5.41, 5.74) is -0.171. The third-order valence-corrected chi connectivity index (χ3v) is 3.68. The van der Waals surface area contributed by atoms with Gasteiger partial charge in [-0.3, -0.25) is 0 Å². The summed E-state index contributed by atoms with van der Waals surface area (Å²) in [6.45, 7) is 0. The maximum atomic E-state index is 12.6. The second-order valence-electron chi connectivity index (χ2n) is 4.19. The molecule has 0 fully saturated rings. The van der Waals surface area contributed by atoms with E-state index in [1.165, 1.54) is 14.2 Å². The molecular weight excluding hydrogens is 317 g/mol. The van der Waals surface area contributed by atoms with Crippen molar-refractivity contribution in [1.82, 2.24) is 9.97 Å². The van der Waals surface area contributed by atoms with Crippen molar-refractivity contribution in [2.45, 2.75) is 17.1 Å². The molecule has 1 aromatic heterocycles. The van der Waals surface area contributed by atoms with Gasteiger partial charge in [-0.15, -0.1) is 0 Å². The number of nitrogens with zero attached hydrogens (tertiary/aromatic N) is 2. The highest BCUT2D eigenvalue weighted by molar-refractivity contribution is 7.98. The number of methoxy groups -OCH3 is 2. The first-order valence-corrected chi connectivity index (χ1v) is 7.16. The lowest BCUT2D eigenvalue weighted by molar-refractivity contribution is -0.141. The Hall–Kier alpha value is -1.96. The number of alkyl halides is 3. The van der Waals surface area contributed by atoms with Crippen LogP contribution in [0, 0.1) is 0 Å². The highest BCUT2D eigenvalue weighted by atomic mass is 32.2. The highest BCUT2D eigenvalue weighted by Gasteiger charge is 2.32. The number of hydrogen-bond acceptors (Lipinski definition) is 5. The van der Waals surface area contributed by atoms with Crippen LogP contribution in [-0.4, -0.2) is 24.2 Å². The fraction of sp³-hybridized carbons (Fsp3) is 0.286. The van der Waals surface area contributed by atoms with Gasteiger partial charge in [-0.1, -0.05) is 11.8 Å². The molecule has 0 spiro atoms. The SMILES string of the molecule is COc1ccc(OC)c(CSc2nccc(C(F)(F)F)n2)c1. The molecule has 0 N–H and O–H groups in total. The van der Waals surface area contributed by atoms with E-state index in [2.05, 4.69) is 9.97 Å². The largest absolute Gasteiger partial charge is 0.497 e. The highest BCUT2D eigenvalue weighted by Crippen LogP contribution is 2.31. The molecule has 2 rings (SSSR count). The molecule has 1 aromatic carbocycles. The van der Waals surface area contributed by atoms with Gasteiger partial charge in [0.25, 0.3) is 0 Å². The molecule has 1 heterocycles. The Balaban J connectivity index is 2.16. The first-order chi connectivity index (χ1) is 10.4. The molecule has 0 unspecified atom stereocenters. The molecule has 118 valence electrons. The number of rotatable bonds is 5. The summed E-state index contributed by atoms with van der Waals surface area (Å²) < 4.78 is 48.2. The molecule has 0 aliphatic heterocycles. The Kier molecular flexibility index (Phi) is 5.12. The normalized spacial score (nSPS) is 11.3. The van der Waals surface area contributed by atoms with Crippen molar-refractivity contribution in [1.29, 1.82) is 0 Å². The summed E-state index contributed by atoms with van der Waals surface area (Å²) in [7, 11) is 3.06. The van der Waals surface area contributed by atoms with Crippen LogP contribution in [0.3, 0.4) is 0 Å². The third kappa shape index (κ3) is 4.03. The fourth-order valence-electron chi connectivity index (χ4n) is 1.71. The van der Waals surface area contributed by atoms with Crippen molar-refractivity contribution < 1.29 is 22.6 Å². The van der Waals surface area contributed by atoms with E-state index in [9.17, 15) is 13.2 Å². The first kappa shape index (κ1) is 16.4. The summed E-state index contributed by atoms with van der Waals surface area (Å²) in [4.78, 5) is 7.36. The number of hydrogen-bond donors (Lipinski definition) is 0. The Morgan fingerprint density at radius 1 is 1.14 bits per heavy atom. The van der Waals surface area contributed by atoms with E-state index in [1.807, 2.05) is 0 Å². The molecule has 0 radical (unpaired) electrons. The van der Waals surface area contributed by atoms with Gasteiger partial charge in [0.05, 0.1) is 14.2 Å². The number of aromatic nitrogens is 2. The van der Waals surface area contributed by atoms with Crippen molar-refractivity contribution in [3.05, 3.63) is 41.7 Å². The fourth-order valence-corrected chi connectivity index (χ4v) is 2.51. The van der Waals surface area contributed by atoms with Crippen LogP contribution < -0.4 is 9.47 Å². The van der Waals surface area contributed by atoms with Crippen molar-refractivity contribution in [3.63, 3.8) is 0 Å². The van der Waals surface area contributed by atoms with Crippen molar-refractivity contribution in [2.24, 2.45) is 0 Å². The minimum absolute atomic E-state index is 0.0553. The second-order valence-corrected chi connectivity index (χ2v) is 5.13. The van der Waals surface area contributed by atoms with E-state index >= 15 is 0 Å². The lowest BCUT2D eigenvalue weighted by atomic mass is 10.2. The number of halogens is 3. The van der Waals surface area contributed by atoms with Gasteiger partial charge in [-0.25, -0.2) is 9.97 Å². The molecular formula is C14H13F3N2O2S. The van der Waals surface area contributed by atoms with Gasteiger partial charge in [-0.05, 0) is 24.3 Å². The van der Waals surface area contributed by atoms with Gasteiger partial charge in [0.2, 0.25) is 0 Å². The van der Waals surface area contributed by atoms with E-state index in [0.717, 1.165) is 29.6 Å². The molecule has 0 amide bonds. The van der Waals surface area contributed by atoms with Gasteiger partial charge in [-0.2, -0.15) is 13.2 Å². The van der Waals surface area contributed by atoms with E-state index in [-0.39, 0.29) is 5.16 Å². The maximum absolute atomic E-state index is 12.6. The van der Waals surface area contributed by atoms with Crippen LogP contribution in [0.25, 0.3) is 0 Å². The lowest BCUT2D eigenvalue weighted by Gasteiger charge is -2.10. The Bertz CT molecular complexity index is 650. The molecule has 0 bridgehead atoms. The van der Waals surface area contributed by atoms with Gasteiger partial charge in [0.1, 0.15) is 17.2 Å². The van der Waals surface area contributed by atoms with E-state index < -0.39 is 11.9 Å². The smallest absolute Gasteiger partial charge is 0.433 e. The molecule has 0 aliphatic rings. The number of benzene rings is 1. The van der Waals surface area contributed by atoms with Crippen LogP contribution in [0.5, 0.6) is 11.5 Å². The van der Waals surface area contributed by atoms with Gasteiger partial charge in [0.15, 0.2) is 5.16 Å². The minimum atomic E-state index is -4.48. The Morgan fingerprint density at radius 2 is 1.91 bits per heavy atom. The Labute approximate surface area is 129 Å². The topological polar surface area (TPSA) is 44.2 Å². The van der Waals surface area contributed by atoms with Gasteiger partial charge >= 0.3 is 6.18 Å². The van der Waals surface area contributed by atoms with Crippen LogP contribution in [0.4, 0.5) is 13.2 Å². The van der Waals surface area contributed by atoms with Crippen molar-refractivity contribution in [3.8, 4) is 11.5 Å². The summed E-state index contributed by atoms with van der Waals surface area (Å²) in [5.74, 6) is 1.63. The van der Waals surface area contributed by atoms with Gasteiger partial charge in [0, 0.05) is 17.5 Å². The monoisotopic (exact) mass is 330 g/mol. The molecule has 0 aliphatic carbocycles.